The van der Waals surface area contributed by atoms with Crippen LogP contribution >= 0.6 is 0 Å². The summed E-state index contributed by atoms with van der Waals surface area (Å²) in [5.74, 6) is -0.886. The van der Waals surface area contributed by atoms with Gasteiger partial charge < -0.3 is 11.1 Å². The van der Waals surface area contributed by atoms with Crippen molar-refractivity contribution in [3.05, 3.63) is 71.3 Å². The minimum absolute atomic E-state index is 0.128. The second-order valence-corrected chi connectivity index (χ2v) is 7.12. The van der Waals surface area contributed by atoms with E-state index >= 15 is 0 Å². The highest BCUT2D eigenvalue weighted by molar-refractivity contribution is 6.00. The fourth-order valence-corrected chi connectivity index (χ4v) is 3.53. The maximum atomic E-state index is 12.9. The van der Waals surface area contributed by atoms with E-state index in [9.17, 15) is 13.2 Å². The first-order chi connectivity index (χ1) is 14.2. The van der Waals surface area contributed by atoms with Gasteiger partial charge in [-0.3, -0.25) is 16.0 Å². The van der Waals surface area contributed by atoms with E-state index in [0.717, 1.165) is 17.7 Å². The molecule has 1 unspecified atom stereocenters. The molecule has 0 radical (unpaired) electrons. The zero-order chi connectivity index (χ0) is 21.8. The number of hydrogen-bond acceptors (Lipinski definition) is 4. The summed E-state index contributed by atoms with van der Waals surface area (Å²) in [6.45, 7) is 2.26. The van der Waals surface area contributed by atoms with Gasteiger partial charge in [-0.05, 0) is 30.0 Å². The molecule has 0 aliphatic carbocycles. The van der Waals surface area contributed by atoms with Gasteiger partial charge in [-0.2, -0.15) is 13.2 Å². The molecule has 0 spiro atoms. The number of hydrogen-bond donors (Lipinski definition) is 4. The number of guanidine groups is 2. The molecule has 1 aliphatic rings. The van der Waals surface area contributed by atoms with Gasteiger partial charge in [0.25, 0.3) is 0 Å². The second-order valence-electron chi connectivity index (χ2n) is 7.12. The molecule has 0 saturated heterocycles. The fourth-order valence-electron chi connectivity index (χ4n) is 3.53. The van der Waals surface area contributed by atoms with E-state index in [2.05, 4.69) is 20.6 Å². The summed E-state index contributed by atoms with van der Waals surface area (Å²) >= 11 is 0. The molecule has 0 saturated carbocycles. The van der Waals surface area contributed by atoms with Gasteiger partial charge in [-0.15, -0.1) is 0 Å². The summed E-state index contributed by atoms with van der Waals surface area (Å²) in [6.07, 6.45) is -3.33. The maximum Gasteiger partial charge on any atom is 0.416 e. The molecule has 0 fully saturated rings. The zero-order valence-corrected chi connectivity index (χ0v) is 16.6. The van der Waals surface area contributed by atoms with E-state index in [0.29, 0.717) is 24.4 Å². The fraction of sp³-hybridized carbons (Fsp3) is 0.333. The molecule has 30 heavy (non-hydrogen) atoms. The third-order valence-electron chi connectivity index (χ3n) is 4.94. The van der Waals surface area contributed by atoms with E-state index in [1.165, 1.54) is 6.07 Å². The van der Waals surface area contributed by atoms with Crippen molar-refractivity contribution in [2.24, 2.45) is 21.5 Å². The van der Waals surface area contributed by atoms with Gasteiger partial charge >= 0.3 is 6.18 Å². The van der Waals surface area contributed by atoms with Gasteiger partial charge in [-0.1, -0.05) is 55.5 Å². The van der Waals surface area contributed by atoms with Gasteiger partial charge in [-0.25, -0.2) is 4.99 Å². The molecule has 6 nitrogen and oxygen atoms in total. The van der Waals surface area contributed by atoms with Gasteiger partial charge in [0.1, 0.15) is 0 Å². The highest BCUT2D eigenvalue weighted by Gasteiger charge is 2.38. The molecule has 1 heterocycles. The van der Waals surface area contributed by atoms with Gasteiger partial charge in [0.15, 0.2) is 11.7 Å². The van der Waals surface area contributed by atoms with Crippen molar-refractivity contribution in [1.29, 1.82) is 0 Å². The molecule has 2 aromatic rings. The molecule has 9 heteroatoms. The Balaban J connectivity index is 1.73. The van der Waals surface area contributed by atoms with E-state index in [-0.39, 0.29) is 18.4 Å². The van der Waals surface area contributed by atoms with Gasteiger partial charge in [0.2, 0.25) is 5.96 Å². The van der Waals surface area contributed by atoms with Crippen LogP contribution in [0, 0.1) is 0 Å². The van der Waals surface area contributed by atoms with E-state index in [4.69, 9.17) is 11.5 Å². The zero-order valence-electron chi connectivity index (χ0n) is 16.6. The van der Waals surface area contributed by atoms with Crippen molar-refractivity contribution in [3.8, 4) is 0 Å². The lowest BCUT2D eigenvalue weighted by molar-refractivity contribution is -0.137. The SMILES string of the molecule is CC[C@@H](c1ccccc1)C1(N)N=C(N)NC(=NCCc2cccc(C(F)(F)F)c2)N1. The molecular weight excluding hydrogens is 393 g/mol. The Kier molecular flexibility index (Phi) is 6.31. The van der Waals surface area contributed by atoms with Crippen LogP contribution in [0.5, 0.6) is 0 Å². The van der Waals surface area contributed by atoms with Crippen molar-refractivity contribution >= 4 is 11.9 Å². The Labute approximate surface area is 173 Å². The van der Waals surface area contributed by atoms with Crippen molar-refractivity contribution < 1.29 is 13.2 Å². The van der Waals surface area contributed by atoms with Crippen molar-refractivity contribution in [3.63, 3.8) is 0 Å². The summed E-state index contributed by atoms with van der Waals surface area (Å²) < 4.78 is 38.6. The molecule has 0 aromatic heterocycles. The number of rotatable bonds is 6. The number of alkyl halides is 3. The van der Waals surface area contributed by atoms with E-state index < -0.39 is 17.5 Å². The lowest BCUT2D eigenvalue weighted by atomic mass is 9.89. The Morgan fingerprint density at radius 1 is 1.13 bits per heavy atom. The van der Waals surface area contributed by atoms with Crippen LogP contribution in [0.1, 0.15) is 36.0 Å². The van der Waals surface area contributed by atoms with Crippen LogP contribution < -0.4 is 22.1 Å². The number of aliphatic imine (C=N–C) groups is 2. The quantitative estimate of drug-likeness (QED) is 0.579. The molecule has 2 aromatic carbocycles. The summed E-state index contributed by atoms with van der Waals surface area (Å²) in [6, 6.07) is 15.0. The summed E-state index contributed by atoms with van der Waals surface area (Å²) in [4.78, 5) is 8.76. The molecule has 2 atom stereocenters. The lowest BCUT2D eigenvalue weighted by Crippen LogP contribution is -2.67. The van der Waals surface area contributed by atoms with Crippen LogP contribution in [0.4, 0.5) is 13.2 Å². The van der Waals surface area contributed by atoms with Crippen LogP contribution in [0.2, 0.25) is 0 Å². The first-order valence-corrected chi connectivity index (χ1v) is 9.66. The normalized spacial score (nSPS) is 21.5. The van der Waals surface area contributed by atoms with Gasteiger partial charge in [0.05, 0.1) is 5.56 Å². The molecule has 0 amide bonds. The first kappa shape index (κ1) is 21.6. The van der Waals surface area contributed by atoms with Crippen molar-refractivity contribution in [2.75, 3.05) is 6.54 Å². The van der Waals surface area contributed by atoms with Gasteiger partial charge in [0, 0.05) is 12.5 Å². The number of nitrogens with one attached hydrogen (secondary N) is 2. The predicted molar refractivity (Wildman–Crippen MR) is 112 cm³/mol. The van der Waals surface area contributed by atoms with Crippen molar-refractivity contribution in [2.45, 2.75) is 37.6 Å². The standard InChI is InChI=1S/C21H25F3N6/c1-2-17(15-8-4-3-5-9-15)21(26)29-18(25)28-19(30-21)27-12-11-14-7-6-10-16(13-14)20(22,23)24/h3-10,13,17H,2,11-12,26H2,1H3,(H4,25,27,28,29,30)/t17-,21?/m0/s1. The largest absolute Gasteiger partial charge is 0.416 e. The van der Waals surface area contributed by atoms with Crippen LogP contribution in [0.15, 0.2) is 64.6 Å². The number of benzene rings is 2. The van der Waals surface area contributed by atoms with Crippen LogP contribution in [-0.2, 0) is 12.6 Å². The first-order valence-electron chi connectivity index (χ1n) is 9.66. The van der Waals surface area contributed by atoms with E-state index in [1.807, 2.05) is 37.3 Å². The highest BCUT2D eigenvalue weighted by atomic mass is 19.4. The lowest BCUT2D eigenvalue weighted by Gasteiger charge is -2.38. The van der Waals surface area contributed by atoms with Crippen LogP contribution in [0.3, 0.4) is 0 Å². The van der Waals surface area contributed by atoms with Crippen molar-refractivity contribution in [1.82, 2.24) is 10.6 Å². The maximum absolute atomic E-state index is 12.9. The third kappa shape index (κ3) is 5.10. The Hall–Kier alpha value is -3.07. The summed E-state index contributed by atoms with van der Waals surface area (Å²) in [5, 5.41) is 5.93. The average molecular weight is 418 g/mol. The average Bonchev–Trinajstić information content (AvgIpc) is 2.68. The monoisotopic (exact) mass is 418 g/mol. The Bertz CT molecular complexity index is 926. The molecular formula is C21H25F3N6. The molecule has 1 aliphatic heterocycles. The molecule has 3 rings (SSSR count). The summed E-state index contributed by atoms with van der Waals surface area (Å²) in [5.41, 5.74) is 13.4. The molecule has 160 valence electrons. The topological polar surface area (TPSA) is 101 Å². The Morgan fingerprint density at radius 2 is 1.87 bits per heavy atom. The highest BCUT2D eigenvalue weighted by Crippen LogP contribution is 2.30. The number of halogens is 3. The minimum Gasteiger partial charge on any atom is -0.370 e. The second kappa shape index (κ2) is 8.74. The minimum atomic E-state index is -4.37. The van der Waals surface area contributed by atoms with Crippen LogP contribution in [-0.4, -0.2) is 24.3 Å². The molecule has 0 bridgehead atoms. The smallest absolute Gasteiger partial charge is 0.370 e. The molecule has 6 N–H and O–H groups in total. The number of nitrogens with two attached hydrogens (primary N) is 2. The summed E-state index contributed by atoms with van der Waals surface area (Å²) in [7, 11) is 0. The number of nitrogens with zero attached hydrogens (tertiary/aromatic N) is 2. The Morgan fingerprint density at radius 3 is 2.53 bits per heavy atom. The third-order valence-corrected chi connectivity index (χ3v) is 4.94. The predicted octanol–water partition coefficient (Wildman–Crippen LogP) is 2.92. The van der Waals surface area contributed by atoms with E-state index in [1.54, 1.807) is 6.07 Å². The van der Waals surface area contributed by atoms with Crippen LogP contribution in [0.25, 0.3) is 0 Å².